The third-order valence-electron chi connectivity index (χ3n) is 5.62. The standard InChI is InChI=1S/C25H21BrN2O5/c1-4-32-18-11-16(17(26)12-19(18)33-10-9-27)21-20(25(30)31-3)13(2)28-23-14-7-5-6-8-15(14)24(29)22(21)23/h5-8,11-12,21,28H,4,10H2,1-3H3/t21-/m0/s1. The molecule has 0 aromatic heterocycles. The lowest BCUT2D eigenvalue weighted by atomic mass is 9.79. The van der Waals surface area contributed by atoms with E-state index in [1.54, 1.807) is 25.1 Å². The number of ketones is 1. The normalized spacial score (nSPS) is 16.6. The van der Waals surface area contributed by atoms with E-state index in [9.17, 15) is 9.59 Å². The molecule has 0 bridgehead atoms. The molecule has 0 spiro atoms. The van der Waals surface area contributed by atoms with Crippen molar-refractivity contribution in [1.82, 2.24) is 5.32 Å². The van der Waals surface area contributed by atoms with Gasteiger partial charge in [-0.3, -0.25) is 4.79 Å². The Hall–Kier alpha value is -3.57. The van der Waals surface area contributed by atoms with Crippen molar-refractivity contribution in [3.05, 3.63) is 74.4 Å². The van der Waals surface area contributed by atoms with Crippen molar-refractivity contribution in [2.75, 3.05) is 20.3 Å². The number of dihydropyridines is 1. The van der Waals surface area contributed by atoms with Gasteiger partial charge in [-0.2, -0.15) is 5.26 Å². The largest absolute Gasteiger partial charge is 0.490 e. The summed E-state index contributed by atoms with van der Waals surface area (Å²) in [5.41, 5.74) is 4.11. The van der Waals surface area contributed by atoms with Gasteiger partial charge in [-0.05, 0) is 31.5 Å². The summed E-state index contributed by atoms with van der Waals surface area (Å²) in [6.07, 6.45) is 0. The fourth-order valence-corrected chi connectivity index (χ4v) is 4.84. The maximum Gasteiger partial charge on any atom is 0.336 e. The molecular formula is C25H21BrN2O5. The summed E-state index contributed by atoms with van der Waals surface area (Å²) in [6.45, 7) is 3.85. The average Bonchev–Trinajstić information content (AvgIpc) is 3.09. The van der Waals surface area contributed by atoms with Gasteiger partial charge in [0.05, 0.1) is 30.9 Å². The van der Waals surface area contributed by atoms with Crippen LogP contribution in [0.1, 0.15) is 41.3 Å². The van der Waals surface area contributed by atoms with Crippen molar-refractivity contribution in [2.24, 2.45) is 0 Å². The van der Waals surface area contributed by atoms with Crippen LogP contribution in [0.5, 0.6) is 11.5 Å². The van der Waals surface area contributed by atoms with Gasteiger partial charge in [-0.15, -0.1) is 0 Å². The molecule has 1 heterocycles. The first-order valence-corrected chi connectivity index (χ1v) is 11.1. The number of benzene rings is 2. The average molecular weight is 509 g/mol. The molecule has 0 radical (unpaired) electrons. The van der Waals surface area contributed by atoms with Crippen LogP contribution in [0.2, 0.25) is 0 Å². The second-order valence-electron chi connectivity index (χ2n) is 7.45. The Kier molecular flexibility index (Phi) is 6.25. The molecule has 0 fully saturated rings. The monoisotopic (exact) mass is 508 g/mol. The van der Waals surface area contributed by atoms with Gasteiger partial charge in [0.1, 0.15) is 6.07 Å². The predicted molar refractivity (Wildman–Crippen MR) is 125 cm³/mol. The van der Waals surface area contributed by atoms with E-state index in [-0.39, 0.29) is 12.4 Å². The fourth-order valence-electron chi connectivity index (χ4n) is 4.28. The van der Waals surface area contributed by atoms with Crippen LogP contribution in [0.4, 0.5) is 0 Å². The Bertz CT molecular complexity index is 1270. The zero-order chi connectivity index (χ0) is 23.7. The Morgan fingerprint density at radius 2 is 1.88 bits per heavy atom. The van der Waals surface area contributed by atoms with Crippen molar-refractivity contribution in [1.29, 1.82) is 5.26 Å². The van der Waals surface area contributed by atoms with Gasteiger partial charge in [-0.25, -0.2) is 4.79 Å². The predicted octanol–water partition coefficient (Wildman–Crippen LogP) is 4.49. The highest BCUT2D eigenvalue weighted by atomic mass is 79.9. The third kappa shape index (κ3) is 3.79. The molecule has 1 aliphatic carbocycles. The number of rotatable bonds is 6. The number of nitrogens with zero attached hydrogens (tertiary/aromatic N) is 1. The molecule has 0 amide bonds. The third-order valence-corrected chi connectivity index (χ3v) is 6.31. The highest BCUT2D eigenvalue weighted by Gasteiger charge is 2.43. The number of methoxy groups -OCH3 is 1. The molecule has 1 atom stereocenters. The molecule has 168 valence electrons. The van der Waals surface area contributed by atoms with Crippen LogP contribution in [0.25, 0.3) is 5.70 Å². The molecule has 8 heteroatoms. The van der Waals surface area contributed by atoms with Crippen molar-refractivity contribution in [3.63, 3.8) is 0 Å². The maximum absolute atomic E-state index is 13.5. The lowest BCUT2D eigenvalue weighted by Gasteiger charge is -2.30. The second kappa shape index (κ2) is 9.12. The molecular weight excluding hydrogens is 488 g/mol. The summed E-state index contributed by atoms with van der Waals surface area (Å²) < 4.78 is 17.0. The van der Waals surface area contributed by atoms with Gasteiger partial charge in [0.25, 0.3) is 0 Å². The smallest absolute Gasteiger partial charge is 0.336 e. The van der Waals surface area contributed by atoms with E-state index in [2.05, 4.69) is 21.2 Å². The van der Waals surface area contributed by atoms with Gasteiger partial charge in [0.15, 0.2) is 23.9 Å². The lowest BCUT2D eigenvalue weighted by molar-refractivity contribution is -0.136. The minimum absolute atomic E-state index is 0.144. The van der Waals surface area contributed by atoms with E-state index in [0.29, 0.717) is 56.2 Å². The quantitative estimate of drug-likeness (QED) is 0.573. The molecule has 1 N–H and O–H groups in total. The molecule has 0 saturated carbocycles. The number of allylic oxidation sites excluding steroid dienone is 2. The SMILES string of the molecule is CCOc1cc([C@H]2C(C(=O)OC)=C(C)NC3=C2C(=O)c2ccccc23)c(Br)cc1OCC#N. The Morgan fingerprint density at radius 3 is 2.55 bits per heavy atom. The Morgan fingerprint density at radius 1 is 1.18 bits per heavy atom. The summed E-state index contributed by atoms with van der Waals surface area (Å²) in [5.74, 6) is -0.584. The Balaban J connectivity index is 1.95. The number of esters is 1. The van der Waals surface area contributed by atoms with Crippen molar-refractivity contribution < 1.29 is 23.8 Å². The fraction of sp³-hybridized carbons (Fsp3) is 0.240. The van der Waals surface area contributed by atoms with Crippen LogP contribution in [-0.4, -0.2) is 32.1 Å². The minimum atomic E-state index is -0.702. The summed E-state index contributed by atoms with van der Waals surface area (Å²) >= 11 is 3.58. The number of nitriles is 1. The first-order chi connectivity index (χ1) is 15.9. The number of carbonyl (C=O) groups excluding carboxylic acids is 2. The van der Waals surface area contributed by atoms with Crippen molar-refractivity contribution in [3.8, 4) is 17.6 Å². The Labute approximate surface area is 199 Å². The van der Waals surface area contributed by atoms with Crippen LogP contribution in [0.3, 0.4) is 0 Å². The summed E-state index contributed by atoms with van der Waals surface area (Å²) in [5, 5.41) is 12.2. The number of Topliss-reactive ketones (excluding diaryl/α,β-unsaturated/α-hetero) is 1. The second-order valence-corrected chi connectivity index (χ2v) is 8.31. The van der Waals surface area contributed by atoms with Gasteiger partial charge in [-0.1, -0.05) is 40.2 Å². The molecule has 2 aromatic rings. The highest BCUT2D eigenvalue weighted by molar-refractivity contribution is 9.10. The van der Waals surface area contributed by atoms with Gasteiger partial charge >= 0.3 is 5.97 Å². The van der Waals surface area contributed by atoms with E-state index in [1.165, 1.54) is 7.11 Å². The van der Waals surface area contributed by atoms with E-state index < -0.39 is 11.9 Å². The van der Waals surface area contributed by atoms with Crippen LogP contribution in [0, 0.1) is 11.3 Å². The molecule has 4 rings (SSSR count). The van der Waals surface area contributed by atoms with E-state index in [1.807, 2.05) is 31.2 Å². The number of hydrogen-bond acceptors (Lipinski definition) is 7. The summed E-state index contributed by atoms with van der Waals surface area (Å²) in [7, 11) is 1.31. The molecule has 33 heavy (non-hydrogen) atoms. The van der Waals surface area contributed by atoms with Crippen LogP contribution < -0.4 is 14.8 Å². The van der Waals surface area contributed by atoms with Gasteiger partial charge < -0.3 is 19.5 Å². The molecule has 2 aliphatic rings. The summed E-state index contributed by atoms with van der Waals surface area (Å²) in [4.78, 5) is 26.4. The van der Waals surface area contributed by atoms with Crippen molar-refractivity contribution >= 4 is 33.4 Å². The van der Waals surface area contributed by atoms with Crippen LogP contribution in [-0.2, 0) is 9.53 Å². The number of halogens is 1. The molecule has 7 nitrogen and oxygen atoms in total. The lowest BCUT2D eigenvalue weighted by Crippen LogP contribution is -2.29. The van der Waals surface area contributed by atoms with E-state index in [4.69, 9.17) is 19.5 Å². The van der Waals surface area contributed by atoms with Gasteiger partial charge in [0, 0.05) is 26.9 Å². The van der Waals surface area contributed by atoms with E-state index >= 15 is 0 Å². The first-order valence-electron chi connectivity index (χ1n) is 10.3. The number of nitrogens with one attached hydrogen (secondary N) is 1. The topological polar surface area (TPSA) is 97.7 Å². The zero-order valence-electron chi connectivity index (χ0n) is 18.3. The minimum Gasteiger partial charge on any atom is -0.490 e. The number of hydrogen-bond donors (Lipinski definition) is 1. The van der Waals surface area contributed by atoms with Crippen LogP contribution in [0.15, 0.2) is 57.7 Å². The van der Waals surface area contributed by atoms with Gasteiger partial charge in [0.2, 0.25) is 0 Å². The molecule has 0 saturated heterocycles. The van der Waals surface area contributed by atoms with Crippen molar-refractivity contribution in [2.45, 2.75) is 19.8 Å². The molecule has 0 unspecified atom stereocenters. The molecule has 2 aromatic carbocycles. The van der Waals surface area contributed by atoms with Crippen LogP contribution >= 0.6 is 15.9 Å². The van der Waals surface area contributed by atoms with E-state index in [0.717, 1.165) is 5.56 Å². The first kappa shape index (κ1) is 22.6. The highest BCUT2D eigenvalue weighted by Crippen LogP contribution is 2.50. The maximum atomic E-state index is 13.5. The number of carbonyl (C=O) groups is 2. The molecule has 1 aliphatic heterocycles. The number of fused-ring (bicyclic) bond motifs is 2. The summed E-state index contributed by atoms with van der Waals surface area (Å²) in [6, 6.07) is 12.7. The zero-order valence-corrected chi connectivity index (χ0v) is 19.9. The number of ether oxygens (including phenoxy) is 3.